The molecule has 2 aromatic heterocycles. The number of likely N-dealkylation sites (tertiary alicyclic amines) is 1. The molecule has 25 heavy (non-hydrogen) atoms. The summed E-state index contributed by atoms with van der Waals surface area (Å²) in [4.78, 5) is 24.9. The molecule has 2 aliphatic carbocycles. The molecule has 5 heteroatoms. The minimum Gasteiger partial charge on any atom is -0.326 e. The van der Waals surface area contributed by atoms with Crippen LogP contribution in [0.4, 0.5) is 0 Å². The van der Waals surface area contributed by atoms with Crippen LogP contribution >= 0.6 is 11.3 Å². The molecule has 0 radical (unpaired) electrons. The summed E-state index contributed by atoms with van der Waals surface area (Å²) in [7, 11) is 0. The van der Waals surface area contributed by atoms with E-state index in [1.165, 1.54) is 68.4 Å². The molecule has 2 N–H and O–H groups in total. The molecule has 3 heterocycles. The van der Waals surface area contributed by atoms with Gasteiger partial charge in [-0.25, -0.2) is 4.98 Å². The largest absolute Gasteiger partial charge is 0.326 e. The first-order valence-corrected chi connectivity index (χ1v) is 11.0. The highest BCUT2D eigenvalue weighted by Gasteiger charge is 2.36. The highest BCUT2D eigenvalue weighted by atomic mass is 32.1. The van der Waals surface area contributed by atoms with E-state index in [0.717, 1.165) is 47.4 Å². The van der Waals surface area contributed by atoms with Gasteiger partial charge in [0.1, 0.15) is 11.4 Å². The number of aromatic nitrogens is 2. The summed E-state index contributed by atoms with van der Waals surface area (Å²) < 4.78 is 0. The first-order valence-electron chi connectivity index (χ1n) is 10.2. The van der Waals surface area contributed by atoms with Crippen LogP contribution in [0.2, 0.25) is 0 Å². The van der Waals surface area contributed by atoms with Crippen molar-refractivity contribution in [1.82, 2.24) is 9.97 Å². The Hall–Kier alpha value is -1.20. The molecule has 5 rings (SSSR count). The van der Waals surface area contributed by atoms with Gasteiger partial charge in [0.25, 0.3) is 5.56 Å². The first kappa shape index (κ1) is 16.0. The molecule has 1 saturated heterocycles. The third-order valence-corrected chi connectivity index (χ3v) is 7.96. The lowest BCUT2D eigenvalue weighted by molar-refractivity contribution is -0.949. The number of quaternary nitrogens is 1. The van der Waals surface area contributed by atoms with Gasteiger partial charge in [-0.2, -0.15) is 0 Å². The first-order chi connectivity index (χ1) is 12.3. The lowest BCUT2D eigenvalue weighted by Gasteiger charge is -2.40. The third-order valence-electron chi connectivity index (χ3n) is 6.77. The van der Waals surface area contributed by atoms with Crippen molar-refractivity contribution >= 4 is 21.6 Å². The van der Waals surface area contributed by atoms with Gasteiger partial charge in [-0.3, -0.25) is 4.79 Å². The summed E-state index contributed by atoms with van der Waals surface area (Å²) in [5.74, 6) is 1.82. The Labute approximate surface area is 152 Å². The number of rotatable bonds is 2. The highest BCUT2D eigenvalue weighted by molar-refractivity contribution is 7.18. The molecule has 4 nitrogen and oxygen atoms in total. The van der Waals surface area contributed by atoms with E-state index in [1.54, 1.807) is 16.2 Å². The van der Waals surface area contributed by atoms with Crippen LogP contribution in [-0.2, 0) is 19.4 Å². The van der Waals surface area contributed by atoms with Gasteiger partial charge in [-0.15, -0.1) is 11.3 Å². The third kappa shape index (κ3) is 2.85. The number of hydrogen-bond donors (Lipinski definition) is 2. The molecule has 3 atom stereocenters. The van der Waals surface area contributed by atoms with E-state index in [0.29, 0.717) is 0 Å². The number of thiophene rings is 1. The molecule has 3 aliphatic rings. The molecule has 134 valence electrons. The van der Waals surface area contributed by atoms with E-state index >= 15 is 0 Å². The lowest BCUT2D eigenvalue weighted by Crippen LogP contribution is -3.16. The Morgan fingerprint density at radius 3 is 2.88 bits per heavy atom. The quantitative estimate of drug-likeness (QED) is 0.867. The molecule has 1 unspecified atom stereocenters. The minimum absolute atomic E-state index is 0.107. The van der Waals surface area contributed by atoms with E-state index in [9.17, 15) is 4.79 Å². The van der Waals surface area contributed by atoms with E-state index in [4.69, 9.17) is 4.98 Å². The summed E-state index contributed by atoms with van der Waals surface area (Å²) in [6.45, 7) is 2.14. The van der Waals surface area contributed by atoms with Crippen LogP contribution < -0.4 is 10.5 Å². The Kier molecular flexibility index (Phi) is 4.17. The van der Waals surface area contributed by atoms with Crippen molar-refractivity contribution in [3.8, 4) is 0 Å². The molecular weight excluding hydrogens is 330 g/mol. The van der Waals surface area contributed by atoms with Crippen LogP contribution in [0.1, 0.15) is 67.6 Å². The predicted molar refractivity (Wildman–Crippen MR) is 101 cm³/mol. The van der Waals surface area contributed by atoms with Crippen LogP contribution in [-0.4, -0.2) is 22.6 Å². The molecule has 0 bridgehead atoms. The van der Waals surface area contributed by atoms with Crippen LogP contribution in [0.15, 0.2) is 4.79 Å². The smallest absolute Gasteiger partial charge is 0.260 e. The number of aryl methyl sites for hydroxylation is 2. The van der Waals surface area contributed by atoms with E-state index in [2.05, 4.69) is 4.98 Å². The molecule has 1 aliphatic heterocycles. The zero-order valence-electron chi connectivity index (χ0n) is 14.9. The second-order valence-corrected chi connectivity index (χ2v) is 9.37. The Morgan fingerprint density at radius 2 is 1.92 bits per heavy atom. The number of hydrogen-bond acceptors (Lipinski definition) is 3. The zero-order valence-corrected chi connectivity index (χ0v) is 15.7. The SMILES string of the molecule is O=c1[nH]c(C[NH+]2CCC[C@@H]3CCCC[C@@H]32)nc2sc3c(c12)CCCC3. The maximum absolute atomic E-state index is 12.8. The molecule has 0 aromatic carbocycles. The molecule has 2 aromatic rings. The maximum atomic E-state index is 12.8. The predicted octanol–water partition coefficient (Wildman–Crippen LogP) is 2.60. The van der Waals surface area contributed by atoms with E-state index in [-0.39, 0.29) is 5.56 Å². The molecule has 0 spiro atoms. The minimum atomic E-state index is 0.107. The number of piperidine rings is 1. The Morgan fingerprint density at radius 1 is 1.08 bits per heavy atom. The van der Waals surface area contributed by atoms with Crippen molar-refractivity contribution < 1.29 is 4.90 Å². The fourth-order valence-corrected chi connectivity index (χ4v) is 6.88. The summed E-state index contributed by atoms with van der Waals surface area (Å²) in [5.41, 5.74) is 1.40. The van der Waals surface area contributed by atoms with Gasteiger partial charge in [-0.05, 0) is 63.4 Å². The van der Waals surface area contributed by atoms with Gasteiger partial charge in [0.2, 0.25) is 0 Å². The van der Waals surface area contributed by atoms with Crippen LogP contribution in [0, 0.1) is 5.92 Å². The topological polar surface area (TPSA) is 50.2 Å². The van der Waals surface area contributed by atoms with Gasteiger partial charge in [0, 0.05) is 10.8 Å². The standard InChI is InChI=1S/C20H27N3OS/c24-19-18-14-8-2-4-10-16(14)25-20(18)22-17(21-19)12-23-11-5-7-13-6-1-3-9-15(13)23/h13,15H,1-12H2,(H,21,22,24)/p+1/t13-,15-/m0/s1. The maximum Gasteiger partial charge on any atom is 0.260 e. The number of aromatic amines is 1. The van der Waals surface area contributed by atoms with Gasteiger partial charge >= 0.3 is 0 Å². The Bertz CT molecular complexity index is 837. The van der Waals surface area contributed by atoms with Crippen molar-refractivity contribution in [2.24, 2.45) is 5.92 Å². The number of nitrogens with one attached hydrogen (secondary N) is 2. The zero-order chi connectivity index (χ0) is 16.8. The van der Waals surface area contributed by atoms with Gasteiger partial charge in [0.05, 0.1) is 18.0 Å². The molecular formula is C20H28N3OS+. The number of H-pyrrole nitrogens is 1. The normalized spacial score (nSPS) is 29.4. The van der Waals surface area contributed by atoms with Gasteiger partial charge in [-0.1, -0.05) is 6.42 Å². The molecule has 2 fully saturated rings. The summed E-state index contributed by atoms with van der Waals surface area (Å²) in [6.07, 6.45) is 13.0. The van der Waals surface area contributed by atoms with Crippen molar-refractivity contribution in [1.29, 1.82) is 0 Å². The van der Waals surface area contributed by atoms with E-state index in [1.807, 2.05) is 0 Å². The fraction of sp³-hybridized carbons (Fsp3) is 0.700. The average Bonchev–Trinajstić information content (AvgIpc) is 3.01. The van der Waals surface area contributed by atoms with Crippen molar-refractivity contribution in [3.63, 3.8) is 0 Å². The molecule has 1 saturated carbocycles. The van der Waals surface area contributed by atoms with Gasteiger partial charge < -0.3 is 9.88 Å². The summed E-state index contributed by atoms with van der Waals surface area (Å²) in [6, 6.07) is 0.792. The monoisotopic (exact) mass is 358 g/mol. The second kappa shape index (κ2) is 6.51. The van der Waals surface area contributed by atoms with E-state index < -0.39 is 0 Å². The second-order valence-electron chi connectivity index (χ2n) is 8.28. The van der Waals surface area contributed by atoms with Crippen LogP contribution in [0.25, 0.3) is 10.2 Å². The van der Waals surface area contributed by atoms with Crippen molar-refractivity contribution in [2.75, 3.05) is 6.54 Å². The van der Waals surface area contributed by atoms with Crippen LogP contribution in [0.3, 0.4) is 0 Å². The van der Waals surface area contributed by atoms with Crippen LogP contribution in [0.5, 0.6) is 0 Å². The summed E-state index contributed by atoms with van der Waals surface area (Å²) in [5, 5.41) is 0.896. The fourth-order valence-electron chi connectivity index (χ4n) is 5.59. The average molecular weight is 359 g/mol. The summed E-state index contributed by atoms with van der Waals surface area (Å²) >= 11 is 1.77. The Balaban J connectivity index is 1.46. The van der Waals surface area contributed by atoms with Crippen molar-refractivity contribution in [3.05, 3.63) is 26.6 Å². The highest BCUT2D eigenvalue weighted by Crippen LogP contribution is 2.33. The van der Waals surface area contributed by atoms with Gasteiger partial charge in [0.15, 0.2) is 5.82 Å². The number of nitrogens with zero attached hydrogens (tertiary/aromatic N) is 1. The molecule has 0 amide bonds. The number of fused-ring (bicyclic) bond motifs is 4. The lowest BCUT2D eigenvalue weighted by atomic mass is 9.78. The van der Waals surface area contributed by atoms with Crippen molar-refractivity contribution in [2.45, 2.75) is 76.8 Å².